The summed E-state index contributed by atoms with van der Waals surface area (Å²) in [6.45, 7) is 0. The Labute approximate surface area is 308 Å². The van der Waals surface area contributed by atoms with Crippen molar-refractivity contribution in [1.82, 2.24) is 0 Å². The highest BCUT2D eigenvalue weighted by atomic mass is 16.5. The van der Waals surface area contributed by atoms with Gasteiger partial charge in [0.15, 0.2) is 0 Å². The van der Waals surface area contributed by atoms with Gasteiger partial charge in [0, 0.05) is 10.9 Å². The van der Waals surface area contributed by atoms with E-state index in [9.17, 15) is 0 Å². The van der Waals surface area contributed by atoms with Crippen molar-refractivity contribution < 1.29 is 4.74 Å². The van der Waals surface area contributed by atoms with Gasteiger partial charge in [0.05, 0.1) is 0 Å². The lowest BCUT2D eigenvalue weighted by Crippen LogP contribution is -1.98. The van der Waals surface area contributed by atoms with Crippen LogP contribution in [0.5, 0.6) is 11.5 Å². The van der Waals surface area contributed by atoms with Crippen LogP contribution in [0.2, 0.25) is 0 Å². The highest BCUT2D eigenvalue weighted by Crippen LogP contribution is 2.51. The van der Waals surface area contributed by atoms with Gasteiger partial charge in [0.25, 0.3) is 0 Å². The minimum absolute atomic E-state index is 0.892. The maximum Gasteiger partial charge on any atom is 0.135 e. The van der Waals surface area contributed by atoms with E-state index in [1.807, 2.05) is 0 Å². The van der Waals surface area contributed by atoms with E-state index in [4.69, 9.17) is 4.74 Å². The highest BCUT2D eigenvalue weighted by Gasteiger charge is 2.24. The first-order chi connectivity index (χ1) is 26.3. The molecule has 0 atom stereocenters. The third-order valence-electron chi connectivity index (χ3n) is 11.0. The molecule has 11 rings (SSSR count). The number of rotatable bonds is 4. The summed E-state index contributed by atoms with van der Waals surface area (Å²) in [5, 5.41) is 9.82. The van der Waals surface area contributed by atoms with E-state index < -0.39 is 0 Å². The molecular weight excluding hydrogens is 641 g/mol. The van der Waals surface area contributed by atoms with Crippen molar-refractivity contribution in [2.24, 2.45) is 0 Å². The van der Waals surface area contributed by atoms with Crippen molar-refractivity contribution in [2.45, 2.75) is 0 Å². The maximum atomic E-state index is 6.64. The predicted octanol–water partition coefficient (Wildman–Crippen LogP) is 14.7. The number of ether oxygens (including phenoxy) is 1. The molecule has 0 N–H and O–H groups in total. The Kier molecular flexibility index (Phi) is 6.62. The van der Waals surface area contributed by atoms with Crippen LogP contribution < -0.4 is 4.74 Å². The summed E-state index contributed by atoms with van der Waals surface area (Å²) in [5.74, 6) is 1.79. The maximum absolute atomic E-state index is 6.64. The van der Waals surface area contributed by atoms with Gasteiger partial charge in [-0.2, -0.15) is 0 Å². The molecule has 1 heteroatoms. The van der Waals surface area contributed by atoms with E-state index in [0.717, 1.165) is 22.4 Å². The first-order valence-corrected chi connectivity index (χ1v) is 18.3. The lowest BCUT2D eigenvalue weighted by Gasteiger charge is -2.24. The van der Waals surface area contributed by atoms with Gasteiger partial charge in [-0.05, 0) is 118 Å². The Hall–Kier alpha value is -6.96. The van der Waals surface area contributed by atoms with Crippen LogP contribution in [0, 0.1) is 0 Å². The van der Waals surface area contributed by atoms with Gasteiger partial charge in [-0.15, -0.1) is 0 Å². The lowest BCUT2D eigenvalue weighted by molar-refractivity contribution is 0.487. The van der Waals surface area contributed by atoms with Crippen molar-refractivity contribution in [3.8, 4) is 67.1 Å². The third kappa shape index (κ3) is 4.64. The minimum Gasteiger partial charge on any atom is -0.456 e. The quantitative estimate of drug-likeness (QED) is 0.169. The average molecular weight is 673 g/mol. The summed E-state index contributed by atoms with van der Waals surface area (Å²) in [6.07, 6.45) is 0. The Morgan fingerprint density at radius 1 is 0.264 bits per heavy atom. The van der Waals surface area contributed by atoms with Crippen molar-refractivity contribution in [3.05, 3.63) is 194 Å². The van der Waals surface area contributed by atoms with Crippen LogP contribution in [0.1, 0.15) is 0 Å². The summed E-state index contributed by atoms with van der Waals surface area (Å²) in [6, 6.07) is 70.5. The molecule has 10 aromatic rings. The van der Waals surface area contributed by atoms with Gasteiger partial charge in [0.1, 0.15) is 11.5 Å². The van der Waals surface area contributed by atoms with Crippen LogP contribution in [0.25, 0.3) is 98.7 Å². The zero-order valence-corrected chi connectivity index (χ0v) is 28.9. The molecule has 0 aliphatic carbocycles. The van der Waals surface area contributed by atoms with E-state index in [1.54, 1.807) is 0 Å². The molecule has 0 radical (unpaired) electrons. The summed E-state index contributed by atoms with van der Waals surface area (Å²) in [7, 11) is 0. The predicted molar refractivity (Wildman–Crippen MR) is 224 cm³/mol. The molecule has 1 aliphatic heterocycles. The largest absolute Gasteiger partial charge is 0.456 e. The summed E-state index contributed by atoms with van der Waals surface area (Å²) in [4.78, 5) is 0. The van der Waals surface area contributed by atoms with E-state index in [1.165, 1.54) is 87.8 Å². The van der Waals surface area contributed by atoms with Crippen LogP contribution in [-0.2, 0) is 0 Å². The smallest absolute Gasteiger partial charge is 0.135 e. The zero-order valence-electron chi connectivity index (χ0n) is 28.9. The highest BCUT2D eigenvalue weighted by molar-refractivity contribution is 6.24. The summed E-state index contributed by atoms with van der Waals surface area (Å²) in [5.41, 5.74) is 12.1. The molecule has 1 nitrogen and oxygen atoms in total. The van der Waals surface area contributed by atoms with Gasteiger partial charge < -0.3 is 4.74 Å². The monoisotopic (exact) mass is 672 g/mol. The molecule has 0 fully saturated rings. The molecule has 53 heavy (non-hydrogen) atoms. The van der Waals surface area contributed by atoms with E-state index in [0.29, 0.717) is 0 Å². The summed E-state index contributed by atoms with van der Waals surface area (Å²) < 4.78 is 6.64. The topological polar surface area (TPSA) is 9.23 Å². The van der Waals surface area contributed by atoms with Crippen molar-refractivity contribution >= 4 is 43.1 Å². The molecule has 0 saturated carbocycles. The molecular formula is C52H32O. The van der Waals surface area contributed by atoms with E-state index >= 15 is 0 Å². The number of benzene rings is 10. The number of hydrogen-bond acceptors (Lipinski definition) is 1. The van der Waals surface area contributed by atoms with Crippen molar-refractivity contribution in [2.75, 3.05) is 0 Å². The standard InChI is InChI=1S/C52H32O/c1-3-14-33(15-4-1)35-26-29-48-46(31-35)45-28-27-39(40-24-13-25-49(53-48)52(40)45)37-30-36-18-7-8-19-38(36)47(32-37)51-43-22-11-9-20-41(43)50(34-16-5-2-6-17-34)42-21-10-12-23-44(42)51/h1-32H. The normalized spacial score (nSPS) is 11.9. The molecule has 0 aromatic heterocycles. The molecule has 0 spiro atoms. The van der Waals surface area contributed by atoms with Gasteiger partial charge >= 0.3 is 0 Å². The van der Waals surface area contributed by atoms with Crippen LogP contribution in [-0.4, -0.2) is 0 Å². The lowest BCUT2D eigenvalue weighted by atomic mass is 9.83. The Balaban J connectivity index is 1.17. The Bertz CT molecular complexity index is 3010. The number of hydrogen-bond donors (Lipinski definition) is 0. The Morgan fingerprint density at radius 3 is 1.55 bits per heavy atom. The van der Waals surface area contributed by atoms with E-state index in [2.05, 4.69) is 194 Å². The van der Waals surface area contributed by atoms with Crippen LogP contribution in [0.4, 0.5) is 0 Å². The SMILES string of the molecule is c1ccc(-c2ccc3c(c2)-c2ccc(-c4cc(-c5c6ccccc6c(-c6ccccc6)c6ccccc56)c5ccccc5c4)c4cccc(c24)O3)cc1. The second-order valence-electron chi connectivity index (χ2n) is 14.0. The molecule has 0 amide bonds. The first-order valence-electron chi connectivity index (χ1n) is 18.3. The van der Waals surface area contributed by atoms with Gasteiger partial charge in [-0.25, -0.2) is 0 Å². The molecule has 1 aliphatic rings. The van der Waals surface area contributed by atoms with Gasteiger partial charge in [-0.3, -0.25) is 0 Å². The second kappa shape index (κ2) is 11.8. The fourth-order valence-corrected chi connectivity index (χ4v) is 8.70. The first kappa shape index (κ1) is 29.7. The molecule has 1 heterocycles. The molecule has 0 saturated heterocycles. The fourth-order valence-electron chi connectivity index (χ4n) is 8.70. The van der Waals surface area contributed by atoms with Crippen LogP contribution in [0.3, 0.4) is 0 Å². The molecule has 10 aromatic carbocycles. The zero-order chi connectivity index (χ0) is 34.9. The van der Waals surface area contributed by atoms with E-state index in [-0.39, 0.29) is 0 Å². The molecule has 0 bridgehead atoms. The van der Waals surface area contributed by atoms with Gasteiger partial charge in [0.2, 0.25) is 0 Å². The van der Waals surface area contributed by atoms with Crippen LogP contribution in [0.15, 0.2) is 194 Å². The average Bonchev–Trinajstić information content (AvgIpc) is 3.23. The molecule has 246 valence electrons. The number of fused-ring (bicyclic) bond motifs is 5. The summed E-state index contributed by atoms with van der Waals surface area (Å²) >= 11 is 0. The minimum atomic E-state index is 0.892. The third-order valence-corrected chi connectivity index (χ3v) is 11.0. The Morgan fingerprint density at radius 2 is 0.830 bits per heavy atom. The van der Waals surface area contributed by atoms with Crippen molar-refractivity contribution in [1.29, 1.82) is 0 Å². The van der Waals surface area contributed by atoms with Gasteiger partial charge in [-0.1, -0.05) is 164 Å². The van der Waals surface area contributed by atoms with Crippen molar-refractivity contribution in [3.63, 3.8) is 0 Å². The fraction of sp³-hybridized carbons (Fsp3) is 0. The van der Waals surface area contributed by atoms with Crippen LogP contribution >= 0.6 is 0 Å². The molecule has 0 unspecified atom stereocenters. The second-order valence-corrected chi connectivity index (χ2v) is 14.0.